The maximum absolute atomic E-state index is 4.25. The van der Waals surface area contributed by atoms with E-state index in [1.807, 2.05) is 11.7 Å². The van der Waals surface area contributed by atoms with Crippen molar-refractivity contribution >= 4 is 22.6 Å². The van der Waals surface area contributed by atoms with Crippen molar-refractivity contribution in [2.75, 3.05) is 0 Å². The van der Waals surface area contributed by atoms with Crippen LogP contribution in [0.2, 0.25) is 0 Å². The molecule has 0 spiro atoms. The standard InChI is InChI=1S/C10H14IN3/c1-14-9-5-3-7-6(10(7)11)2-4-8(9)12-13-14/h6-7,10H,2-5H2,1H3. The van der Waals surface area contributed by atoms with Gasteiger partial charge >= 0.3 is 0 Å². The van der Waals surface area contributed by atoms with Gasteiger partial charge in [-0.2, -0.15) is 0 Å². The molecule has 0 saturated heterocycles. The second-order valence-electron chi connectivity index (χ2n) is 4.46. The van der Waals surface area contributed by atoms with Crippen LogP contribution in [0.1, 0.15) is 24.2 Å². The van der Waals surface area contributed by atoms with Gasteiger partial charge in [-0.25, -0.2) is 0 Å². The highest BCUT2D eigenvalue weighted by Gasteiger charge is 2.47. The van der Waals surface area contributed by atoms with Crippen molar-refractivity contribution < 1.29 is 0 Å². The minimum Gasteiger partial charge on any atom is -0.252 e. The predicted octanol–water partition coefficient (Wildman–Crippen LogP) is 1.74. The number of fused-ring (bicyclic) bond motifs is 2. The number of alkyl halides is 1. The molecule has 1 aromatic rings. The van der Waals surface area contributed by atoms with Gasteiger partial charge in [0.1, 0.15) is 0 Å². The van der Waals surface area contributed by atoms with E-state index in [9.17, 15) is 0 Å². The van der Waals surface area contributed by atoms with E-state index >= 15 is 0 Å². The molecule has 3 rings (SSSR count). The summed E-state index contributed by atoms with van der Waals surface area (Å²) in [6, 6.07) is 0. The third-order valence-corrected chi connectivity index (χ3v) is 5.53. The van der Waals surface area contributed by atoms with Crippen LogP contribution in [0.4, 0.5) is 0 Å². The van der Waals surface area contributed by atoms with Gasteiger partial charge in [-0.05, 0) is 37.5 Å². The van der Waals surface area contributed by atoms with Crippen molar-refractivity contribution in [1.82, 2.24) is 15.0 Å². The molecule has 1 aromatic heterocycles. The summed E-state index contributed by atoms with van der Waals surface area (Å²) in [5, 5.41) is 8.35. The Morgan fingerprint density at radius 2 is 2.00 bits per heavy atom. The number of hydrogen-bond acceptors (Lipinski definition) is 2. The van der Waals surface area contributed by atoms with Gasteiger partial charge in [-0.15, -0.1) is 5.10 Å². The van der Waals surface area contributed by atoms with Gasteiger partial charge in [0.05, 0.1) is 11.4 Å². The zero-order valence-electron chi connectivity index (χ0n) is 8.28. The fraction of sp³-hybridized carbons (Fsp3) is 0.800. The van der Waals surface area contributed by atoms with Gasteiger partial charge < -0.3 is 0 Å². The maximum Gasteiger partial charge on any atom is 0.0859 e. The largest absolute Gasteiger partial charge is 0.252 e. The first-order valence-electron chi connectivity index (χ1n) is 5.29. The lowest BCUT2D eigenvalue weighted by Gasteiger charge is -2.07. The van der Waals surface area contributed by atoms with E-state index in [1.165, 1.54) is 30.7 Å². The zero-order valence-corrected chi connectivity index (χ0v) is 10.4. The van der Waals surface area contributed by atoms with Crippen molar-refractivity contribution in [3.8, 4) is 0 Å². The topological polar surface area (TPSA) is 30.7 Å². The summed E-state index contributed by atoms with van der Waals surface area (Å²) in [5.74, 6) is 1.96. The smallest absolute Gasteiger partial charge is 0.0859 e. The zero-order chi connectivity index (χ0) is 9.71. The van der Waals surface area contributed by atoms with Crippen molar-refractivity contribution in [3.63, 3.8) is 0 Å². The molecule has 0 radical (unpaired) electrons. The van der Waals surface area contributed by atoms with E-state index in [0.29, 0.717) is 0 Å². The Morgan fingerprint density at radius 3 is 2.79 bits per heavy atom. The van der Waals surface area contributed by atoms with Gasteiger partial charge in [0.25, 0.3) is 0 Å². The fourth-order valence-electron chi connectivity index (χ4n) is 2.67. The maximum atomic E-state index is 4.25. The molecule has 76 valence electrons. The highest BCUT2D eigenvalue weighted by Crippen LogP contribution is 2.51. The van der Waals surface area contributed by atoms with Crippen molar-refractivity contribution in [1.29, 1.82) is 0 Å². The average molecular weight is 303 g/mol. The number of nitrogens with zero attached hydrogens (tertiary/aromatic N) is 3. The van der Waals surface area contributed by atoms with Crippen LogP contribution < -0.4 is 0 Å². The Bertz CT molecular complexity index is 360. The van der Waals surface area contributed by atoms with E-state index in [4.69, 9.17) is 0 Å². The third kappa shape index (κ3) is 1.30. The number of halogens is 1. The van der Waals surface area contributed by atoms with E-state index in [2.05, 4.69) is 32.9 Å². The average Bonchev–Trinajstić information content (AvgIpc) is 2.58. The lowest BCUT2D eigenvalue weighted by Crippen LogP contribution is -2.04. The highest BCUT2D eigenvalue weighted by atomic mass is 127. The van der Waals surface area contributed by atoms with Gasteiger partial charge in [-0.3, -0.25) is 4.68 Å². The van der Waals surface area contributed by atoms with Crippen molar-refractivity contribution in [2.24, 2.45) is 18.9 Å². The summed E-state index contributed by atoms with van der Waals surface area (Å²) in [6.45, 7) is 0. The Hall–Kier alpha value is -0.130. The molecule has 2 aliphatic rings. The molecule has 1 fully saturated rings. The molecule has 3 atom stereocenters. The first kappa shape index (κ1) is 9.12. The lowest BCUT2D eigenvalue weighted by atomic mass is 10.0. The van der Waals surface area contributed by atoms with Crippen LogP contribution in [0, 0.1) is 11.8 Å². The van der Waals surface area contributed by atoms with Gasteiger partial charge in [0.15, 0.2) is 0 Å². The SMILES string of the molecule is Cn1nnc2c1CCC1C(I)C1CC2. The van der Waals surface area contributed by atoms with E-state index in [1.54, 1.807) is 0 Å². The summed E-state index contributed by atoms with van der Waals surface area (Å²) >= 11 is 2.62. The van der Waals surface area contributed by atoms with Crippen LogP contribution in [-0.4, -0.2) is 18.9 Å². The van der Waals surface area contributed by atoms with Gasteiger partial charge in [-0.1, -0.05) is 27.8 Å². The molecular formula is C10H14IN3. The fourth-order valence-corrected chi connectivity index (χ4v) is 4.22. The first-order chi connectivity index (χ1) is 6.77. The Balaban J connectivity index is 1.87. The summed E-state index contributed by atoms with van der Waals surface area (Å²) in [6.07, 6.45) is 4.99. The lowest BCUT2D eigenvalue weighted by molar-refractivity contribution is 0.566. The molecule has 1 saturated carbocycles. The quantitative estimate of drug-likeness (QED) is 0.540. The molecule has 0 amide bonds. The molecule has 0 bridgehead atoms. The summed E-state index contributed by atoms with van der Waals surface area (Å²) in [5.41, 5.74) is 2.63. The Morgan fingerprint density at radius 1 is 1.29 bits per heavy atom. The molecule has 0 N–H and O–H groups in total. The highest BCUT2D eigenvalue weighted by molar-refractivity contribution is 14.1. The first-order valence-corrected chi connectivity index (χ1v) is 6.53. The Kier molecular flexibility index (Phi) is 2.07. The molecule has 14 heavy (non-hydrogen) atoms. The van der Waals surface area contributed by atoms with Crippen LogP contribution in [0.3, 0.4) is 0 Å². The molecule has 1 heterocycles. The second-order valence-corrected chi connectivity index (χ2v) is 5.89. The van der Waals surface area contributed by atoms with Gasteiger partial charge in [0, 0.05) is 11.0 Å². The second kappa shape index (κ2) is 3.18. The molecule has 2 aliphatic carbocycles. The minimum atomic E-state index is 0.940. The number of aryl methyl sites for hydroxylation is 2. The van der Waals surface area contributed by atoms with Crippen molar-refractivity contribution in [2.45, 2.75) is 29.6 Å². The monoisotopic (exact) mass is 303 g/mol. The normalized spacial score (nSPS) is 35.4. The van der Waals surface area contributed by atoms with Crippen LogP contribution >= 0.6 is 22.6 Å². The van der Waals surface area contributed by atoms with Gasteiger partial charge in [0.2, 0.25) is 0 Å². The van der Waals surface area contributed by atoms with Crippen LogP contribution in [-0.2, 0) is 19.9 Å². The van der Waals surface area contributed by atoms with Crippen LogP contribution in [0.5, 0.6) is 0 Å². The molecule has 3 nitrogen and oxygen atoms in total. The van der Waals surface area contributed by atoms with E-state index < -0.39 is 0 Å². The number of hydrogen-bond donors (Lipinski definition) is 0. The van der Waals surface area contributed by atoms with Crippen molar-refractivity contribution in [3.05, 3.63) is 11.4 Å². The molecule has 4 heteroatoms. The van der Waals surface area contributed by atoms with E-state index in [0.717, 1.165) is 22.2 Å². The number of rotatable bonds is 0. The third-order valence-electron chi connectivity index (χ3n) is 3.68. The summed E-state index contributed by atoms with van der Waals surface area (Å²) < 4.78 is 2.90. The van der Waals surface area contributed by atoms with E-state index in [-0.39, 0.29) is 0 Å². The Labute approximate surface area is 97.4 Å². The van der Waals surface area contributed by atoms with Crippen LogP contribution in [0.25, 0.3) is 0 Å². The predicted molar refractivity (Wildman–Crippen MR) is 62.4 cm³/mol. The molecule has 3 unspecified atom stereocenters. The minimum absolute atomic E-state index is 0.940. The number of aromatic nitrogens is 3. The van der Waals surface area contributed by atoms with Crippen LogP contribution in [0.15, 0.2) is 0 Å². The molecular weight excluding hydrogens is 289 g/mol. The molecule has 0 aromatic carbocycles. The summed E-state index contributed by atoms with van der Waals surface area (Å²) in [4.78, 5) is 0. The molecule has 0 aliphatic heterocycles. The summed E-state index contributed by atoms with van der Waals surface area (Å²) in [7, 11) is 2.01.